The Balaban J connectivity index is 1.82. The molecule has 4 nitrogen and oxygen atoms in total. The van der Waals surface area contributed by atoms with E-state index in [1.54, 1.807) is 7.11 Å². The minimum Gasteiger partial charge on any atom is -0.496 e. The van der Waals surface area contributed by atoms with E-state index in [1.165, 1.54) is 0 Å². The fourth-order valence-electron chi connectivity index (χ4n) is 2.29. The van der Waals surface area contributed by atoms with Crippen LogP contribution in [0.4, 0.5) is 0 Å². The van der Waals surface area contributed by atoms with Crippen LogP contribution in [0.25, 0.3) is 0 Å². The first kappa shape index (κ1) is 17.3. The Bertz CT molecular complexity index is 661. The summed E-state index contributed by atoms with van der Waals surface area (Å²) in [5.74, 6) is 0.694. The molecular formula is C18H21ClN2O2. The van der Waals surface area contributed by atoms with E-state index in [2.05, 4.69) is 10.6 Å². The molecule has 0 saturated heterocycles. The number of amides is 1. The number of hydrogen-bond donors (Lipinski definition) is 2. The van der Waals surface area contributed by atoms with Crippen molar-refractivity contribution < 1.29 is 9.53 Å². The van der Waals surface area contributed by atoms with Gasteiger partial charge in [0.25, 0.3) is 0 Å². The van der Waals surface area contributed by atoms with Crippen LogP contribution in [0, 0.1) is 0 Å². The van der Waals surface area contributed by atoms with Crippen molar-refractivity contribution >= 4 is 17.5 Å². The number of hydrogen-bond acceptors (Lipinski definition) is 3. The average Bonchev–Trinajstić information content (AvgIpc) is 2.58. The first-order chi connectivity index (χ1) is 11.1. The number of para-hydroxylation sites is 1. The highest BCUT2D eigenvalue weighted by Crippen LogP contribution is 2.21. The molecule has 2 aromatic rings. The zero-order chi connectivity index (χ0) is 16.7. The Morgan fingerprint density at radius 2 is 1.87 bits per heavy atom. The summed E-state index contributed by atoms with van der Waals surface area (Å²) < 4.78 is 5.27. The van der Waals surface area contributed by atoms with Crippen molar-refractivity contribution in [3.05, 3.63) is 64.7 Å². The molecule has 0 saturated carbocycles. The molecular weight excluding hydrogens is 312 g/mol. The van der Waals surface area contributed by atoms with Crippen LogP contribution in [-0.4, -0.2) is 19.6 Å². The number of carbonyl (C=O) groups excluding carboxylic acids is 1. The largest absolute Gasteiger partial charge is 0.496 e. The predicted molar refractivity (Wildman–Crippen MR) is 92.7 cm³/mol. The van der Waals surface area contributed by atoms with E-state index in [1.807, 2.05) is 55.5 Å². The first-order valence-corrected chi connectivity index (χ1v) is 7.86. The zero-order valence-corrected chi connectivity index (χ0v) is 14.1. The molecule has 1 amide bonds. The fourth-order valence-corrected chi connectivity index (χ4v) is 2.59. The van der Waals surface area contributed by atoms with Gasteiger partial charge in [-0.2, -0.15) is 0 Å². The van der Waals surface area contributed by atoms with Crippen LogP contribution in [0.5, 0.6) is 5.75 Å². The molecule has 0 heterocycles. The van der Waals surface area contributed by atoms with Gasteiger partial charge in [0.1, 0.15) is 5.75 Å². The van der Waals surface area contributed by atoms with Crippen molar-refractivity contribution in [2.75, 3.05) is 13.7 Å². The average molecular weight is 333 g/mol. The number of carbonyl (C=O) groups is 1. The third-order valence-corrected chi connectivity index (χ3v) is 3.95. The molecule has 0 fully saturated rings. The summed E-state index contributed by atoms with van der Waals surface area (Å²) in [6.07, 6.45) is 0. The Labute approximate surface area is 141 Å². The molecule has 2 N–H and O–H groups in total. The number of methoxy groups -OCH3 is 1. The topological polar surface area (TPSA) is 50.4 Å². The number of ether oxygens (including phenoxy) is 1. The number of nitrogens with one attached hydrogen (secondary N) is 2. The van der Waals surface area contributed by atoms with Gasteiger partial charge in [0.2, 0.25) is 5.91 Å². The monoisotopic (exact) mass is 332 g/mol. The van der Waals surface area contributed by atoms with E-state index in [-0.39, 0.29) is 18.5 Å². The lowest BCUT2D eigenvalue weighted by molar-refractivity contribution is -0.120. The molecule has 0 aliphatic heterocycles. The second kappa shape index (κ2) is 8.56. The van der Waals surface area contributed by atoms with Crippen LogP contribution in [0.1, 0.15) is 24.1 Å². The molecule has 0 aliphatic carbocycles. The minimum absolute atomic E-state index is 0.000659. The van der Waals surface area contributed by atoms with Crippen LogP contribution in [0.15, 0.2) is 48.5 Å². The van der Waals surface area contributed by atoms with Crippen molar-refractivity contribution in [3.8, 4) is 5.75 Å². The fraction of sp³-hybridized carbons (Fsp3) is 0.278. The molecule has 2 rings (SSSR count). The Hall–Kier alpha value is -2.04. The van der Waals surface area contributed by atoms with Gasteiger partial charge >= 0.3 is 0 Å². The second-order valence-electron chi connectivity index (χ2n) is 5.21. The van der Waals surface area contributed by atoms with Crippen molar-refractivity contribution in [1.29, 1.82) is 0 Å². The molecule has 5 heteroatoms. The van der Waals surface area contributed by atoms with Gasteiger partial charge in [0, 0.05) is 23.2 Å². The summed E-state index contributed by atoms with van der Waals surface area (Å²) in [5.41, 5.74) is 1.93. The lowest BCUT2D eigenvalue weighted by atomic mass is 10.1. The van der Waals surface area contributed by atoms with Gasteiger partial charge in [-0.1, -0.05) is 48.0 Å². The SMILES string of the molecule is COc1ccccc1CNC(=O)CN[C@H](C)c1ccccc1Cl. The minimum atomic E-state index is -0.0743. The molecule has 122 valence electrons. The van der Waals surface area contributed by atoms with Gasteiger partial charge < -0.3 is 15.4 Å². The Morgan fingerprint density at radius 3 is 2.61 bits per heavy atom. The first-order valence-electron chi connectivity index (χ1n) is 7.48. The third-order valence-electron chi connectivity index (χ3n) is 3.61. The Morgan fingerprint density at radius 1 is 1.17 bits per heavy atom. The van der Waals surface area contributed by atoms with E-state index in [0.717, 1.165) is 16.9 Å². The normalized spacial score (nSPS) is 11.8. The summed E-state index contributed by atoms with van der Waals surface area (Å²) in [6.45, 7) is 2.64. The maximum atomic E-state index is 12.0. The molecule has 0 bridgehead atoms. The number of rotatable bonds is 7. The quantitative estimate of drug-likeness (QED) is 0.817. The molecule has 0 spiro atoms. The van der Waals surface area contributed by atoms with Gasteiger partial charge in [0.05, 0.1) is 13.7 Å². The van der Waals surface area contributed by atoms with Gasteiger partial charge in [-0.25, -0.2) is 0 Å². The van der Waals surface area contributed by atoms with Crippen LogP contribution >= 0.6 is 11.6 Å². The lowest BCUT2D eigenvalue weighted by Crippen LogP contribution is -2.34. The standard InChI is InChI=1S/C18H21ClN2O2/c1-13(15-8-4-5-9-16(15)19)20-12-18(22)21-11-14-7-3-6-10-17(14)23-2/h3-10,13,20H,11-12H2,1-2H3,(H,21,22)/t13-/m1/s1. The molecule has 0 radical (unpaired) electrons. The number of benzene rings is 2. The molecule has 0 unspecified atom stereocenters. The number of halogens is 1. The highest BCUT2D eigenvalue weighted by molar-refractivity contribution is 6.31. The van der Waals surface area contributed by atoms with E-state index in [0.29, 0.717) is 11.6 Å². The zero-order valence-electron chi connectivity index (χ0n) is 13.3. The molecule has 0 aromatic heterocycles. The lowest BCUT2D eigenvalue weighted by Gasteiger charge is -2.15. The summed E-state index contributed by atoms with van der Waals surface area (Å²) in [4.78, 5) is 12.0. The van der Waals surface area contributed by atoms with Crippen LogP contribution in [0.2, 0.25) is 5.02 Å². The van der Waals surface area contributed by atoms with Crippen LogP contribution < -0.4 is 15.4 Å². The van der Waals surface area contributed by atoms with Crippen molar-refractivity contribution in [2.45, 2.75) is 19.5 Å². The highest BCUT2D eigenvalue weighted by atomic mass is 35.5. The van der Waals surface area contributed by atoms with Crippen molar-refractivity contribution in [2.24, 2.45) is 0 Å². The summed E-state index contributed by atoms with van der Waals surface area (Å²) in [7, 11) is 1.62. The van der Waals surface area contributed by atoms with E-state index in [4.69, 9.17) is 16.3 Å². The summed E-state index contributed by atoms with van der Waals surface area (Å²) in [6, 6.07) is 15.2. The Kier molecular flexibility index (Phi) is 6.44. The summed E-state index contributed by atoms with van der Waals surface area (Å²) >= 11 is 6.15. The molecule has 23 heavy (non-hydrogen) atoms. The van der Waals surface area contributed by atoms with E-state index < -0.39 is 0 Å². The third kappa shape index (κ3) is 4.98. The molecule has 0 aliphatic rings. The van der Waals surface area contributed by atoms with Gasteiger partial charge in [-0.05, 0) is 24.6 Å². The molecule has 1 atom stereocenters. The predicted octanol–water partition coefficient (Wildman–Crippen LogP) is 3.32. The summed E-state index contributed by atoms with van der Waals surface area (Å²) in [5, 5.41) is 6.75. The van der Waals surface area contributed by atoms with Gasteiger partial charge in [0.15, 0.2) is 0 Å². The molecule has 2 aromatic carbocycles. The van der Waals surface area contributed by atoms with Crippen LogP contribution in [0.3, 0.4) is 0 Å². The van der Waals surface area contributed by atoms with Crippen molar-refractivity contribution in [1.82, 2.24) is 10.6 Å². The van der Waals surface area contributed by atoms with E-state index >= 15 is 0 Å². The van der Waals surface area contributed by atoms with Gasteiger partial charge in [-0.15, -0.1) is 0 Å². The second-order valence-corrected chi connectivity index (χ2v) is 5.62. The van der Waals surface area contributed by atoms with Gasteiger partial charge in [-0.3, -0.25) is 4.79 Å². The van der Waals surface area contributed by atoms with Crippen molar-refractivity contribution in [3.63, 3.8) is 0 Å². The maximum absolute atomic E-state index is 12.0. The maximum Gasteiger partial charge on any atom is 0.234 e. The van der Waals surface area contributed by atoms with E-state index in [9.17, 15) is 4.79 Å². The van der Waals surface area contributed by atoms with Crippen LogP contribution in [-0.2, 0) is 11.3 Å². The smallest absolute Gasteiger partial charge is 0.234 e. The highest BCUT2D eigenvalue weighted by Gasteiger charge is 2.10.